The first kappa shape index (κ1) is 14.3. The summed E-state index contributed by atoms with van der Waals surface area (Å²) in [6.45, 7) is 0. The molecule has 0 N–H and O–H groups in total. The van der Waals surface area contributed by atoms with E-state index in [1.54, 1.807) is 24.3 Å². The summed E-state index contributed by atoms with van der Waals surface area (Å²) in [6.07, 6.45) is 0. The van der Waals surface area contributed by atoms with Gasteiger partial charge < -0.3 is 0 Å². The van der Waals surface area contributed by atoms with E-state index in [-0.39, 0.29) is 8.46 Å². The highest BCUT2D eigenvalue weighted by atomic mass is 127. The molecule has 0 heterocycles. The molecule has 0 aliphatic heterocycles. The summed E-state index contributed by atoms with van der Waals surface area (Å²) in [6, 6.07) is 14.7. The Labute approximate surface area is 131 Å². The quantitative estimate of drug-likeness (QED) is 0.350. The SMILES string of the molecule is O=PC(I)(c1ccc(Cl)cc1)c1ccc(Cl)cc1. The van der Waals surface area contributed by atoms with Crippen molar-refractivity contribution in [1.29, 1.82) is 0 Å². The van der Waals surface area contributed by atoms with Gasteiger partial charge in [-0.2, -0.15) is 0 Å². The topological polar surface area (TPSA) is 17.1 Å². The van der Waals surface area contributed by atoms with Gasteiger partial charge in [0.25, 0.3) is 0 Å². The molecule has 18 heavy (non-hydrogen) atoms. The first-order valence-electron chi connectivity index (χ1n) is 5.12. The van der Waals surface area contributed by atoms with E-state index in [4.69, 9.17) is 23.2 Å². The lowest BCUT2D eigenvalue weighted by Crippen LogP contribution is -2.11. The van der Waals surface area contributed by atoms with Gasteiger partial charge in [0, 0.05) is 10.0 Å². The molecule has 0 aliphatic carbocycles. The molecule has 2 aromatic rings. The maximum atomic E-state index is 11.6. The van der Waals surface area contributed by atoms with Crippen molar-refractivity contribution in [2.75, 3.05) is 0 Å². The van der Waals surface area contributed by atoms with E-state index >= 15 is 0 Å². The minimum Gasteiger partial charge on any atom is -0.273 e. The van der Waals surface area contributed by atoms with Crippen LogP contribution in [0.1, 0.15) is 11.1 Å². The highest BCUT2D eigenvalue weighted by Gasteiger charge is 2.32. The molecule has 0 fully saturated rings. The van der Waals surface area contributed by atoms with Gasteiger partial charge in [0.1, 0.15) is 0 Å². The third kappa shape index (κ3) is 2.88. The van der Waals surface area contributed by atoms with Crippen LogP contribution in [0.2, 0.25) is 10.0 Å². The van der Waals surface area contributed by atoms with Crippen LogP contribution in [0.25, 0.3) is 0 Å². The number of benzene rings is 2. The maximum absolute atomic E-state index is 11.6. The highest BCUT2D eigenvalue weighted by Crippen LogP contribution is 2.48. The number of rotatable bonds is 3. The molecule has 0 amide bonds. The van der Waals surface area contributed by atoms with E-state index in [1.807, 2.05) is 24.3 Å². The van der Waals surface area contributed by atoms with E-state index in [0.717, 1.165) is 11.1 Å². The first-order chi connectivity index (χ1) is 8.56. The van der Waals surface area contributed by atoms with Crippen molar-refractivity contribution < 1.29 is 4.57 Å². The highest BCUT2D eigenvalue weighted by molar-refractivity contribution is 14.1. The molecule has 0 radical (unpaired) electrons. The Morgan fingerprint density at radius 2 is 1.17 bits per heavy atom. The van der Waals surface area contributed by atoms with Gasteiger partial charge in [-0.05, 0) is 35.4 Å². The van der Waals surface area contributed by atoms with Gasteiger partial charge in [0.05, 0.1) is 0 Å². The Morgan fingerprint density at radius 1 is 0.833 bits per heavy atom. The normalized spacial score (nSPS) is 11.7. The van der Waals surface area contributed by atoms with Crippen LogP contribution in [0, 0.1) is 0 Å². The van der Waals surface area contributed by atoms with Gasteiger partial charge in [0.15, 0.2) is 11.6 Å². The number of halogens is 3. The smallest absolute Gasteiger partial charge is 0.182 e. The fourth-order valence-corrected chi connectivity index (χ4v) is 3.09. The number of alkyl halides is 1. The van der Waals surface area contributed by atoms with Gasteiger partial charge in [-0.25, -0.2) is 0 Å². The Bertz CT molecular complexity index is 509. The summed E-state index contributed by atoms with van der Waals surface area (Å²) in [5.41, 5.74) is 1.87. The third-order valence-corrected chi connectivity index (χ3v) is 5.69. The fourth-order valence-electron chi connectivity index (χ4n) is 1.61. The summed E-state index contributed by atoms with van der Waals surface area (Å²) < 4.78 is 11.0. The maximum Gasteiger partial charge on any atom is 0.182 e. The van der Waals surface area contributed by atoms with Crippen LogP contribution in [-0.2, 0) is 7.73 Å². The van der Waals surface area contributed by atoms with Gasteiger partial charge >= 0.3 is 0 Å². The molecular weight excluding hydrogens is 401 g/mol. The summed E-state index contributed by atoms with van der Waals surface area (Å²) in [5.74, 6) is 0. The molecule has 5 heteroatoms. The first-order valence-corrected chi connectivity index (χ1v) is 7.76. The lowest BCUT2D eigenvalue weighted by Gasteiger charge is -2.21. The van der Waals surface area contributed by atoms with Crippen LogP contribution in [0.3, 0.4) is 0 Å². The van der Waals surface area contributed by atoms with Crippen molar-refractivity contribution in [3.63, 3.8) is 0 Å². The molecule has 0 atom stereocenters. The van der Waals surface area contributed by atoms with E-state index < -0.39 is 3.16 Å². The van der Waals surface area contributed by atoms with Crippen molar-refractivity contribution in [3.8, 4) is 0 Å². The van der Waals surface area contributed by atoms with Gasteiger partial charge in [-0.15, -0.1) is 0 Å². The zero-order chi connectivity index (χ0) is 13.2. The molecule has 0 aromatic heterocycles. The zero-order valence-corrected chi connectivity index (χ0v) is 13.7. The second kappa shape index (κ2) is 5.87. The third-order valence-electron chi connectivity index (χ3n) is 2.58. The molecular formula is C13H8Cl2IOP. The number of hydrogen-bond donors (Lipinski definition) is 0. The molecule has 2 rings (SSSR count). The Morgan fingerprint density at radius 3 is 1.44 bits per heavy atom. The minimum atomic E-state index is -0.618. The van der Waals surface area contributed by atoms with Crippen LogP contribution in [-0.4, -0.2) is 0 Å². The van der Waals surface area contributed by atoms with Crippen LogP contribution in [0.5, 0.6) is 0 Å². The summed E-state index contributed by atoms with van der Waals surface area (Å²) in [5, 5.41) is 1.33. The van der Waals surface area contributed by atoms with Gasteiger partial charge in [-0.1, -0.05) is 70.1 Å². The van der Waals surface area contributed by atoms with Crippen molar-refractivity contribution >= 4 is 54.3 Å². The van der Waals surface area contributed by atoms with E-state index in [9.17, 15) is 4.57 Å². The average Bonchev–Trinajstić information content (AvgIpc) is 2.39. The predicted molar refractivity (Wildman–Crippen MR) is 85.3 cm³/mol. The minimum absolute atomic E-state index is 0.0207. The molecule has 0 saturated heterocycles. The molecule has 0 saturated carbocycles. The molecule has 0 spiro atoms. The van der Waals surface area contributed by atoms with Crippen molar-refractivity contribution in [3.05, 3.63) is 69.7 Å². The number of hydrogen-bond acceptors (Lipinski definition) is 1. The summed E-state index contributed by atoms with van der Waals surface area (Å²) >= 11 is 13.9. The predicted octanol–water partition coefficient (Wildman–Crippen LogP) is 5.92. The van der Waals surface area contributed by atoms with Crippen LogP contribution in [0.15, 0.2) is 48.5 Å². The van der Waals surface area contributed by atoms with E-state index in [2.05, 4.69) is 22.6 Å². The molecule has 0 unspecified atom stereocenters. The summed E-state index contributed by atoms with van der Waals surface area (Å²) in [4.78, 5) is 0. The zero-order valence-electron chi connectivity index (χ0n) is 9.11. The summed E-state index contributed by atoms with van der Waals surface area (Å²) in [7, 11) is 0.0207. The molecule has 2 aromatic carbocycles. The molecule has 0 aliphatic rings. The fraction of sp³-hybridized carbons (Fsp3) is 0.0769. The lowest BCUT2D eigenvalue weighted by atomic mass is 10.0. The lowest BCUT2D eigenvalue weighted by molar-refractivity contribution is 0.594. The Balaban J connectivity index is 2.50. The largest absolute Gasteiger partial charge is 0.273 e. The van der Waals surface area contributed by atoms with E-state index in [0.29, 0.717) is 10.0 Å². The second-order valence-corrected chi connectivity index (χ2v) is 7.92. The van der Waals surface area contributed by atoms with Gasteiger partial charge in [-0.3, -0.25) is 4.57 Å². The molecule has 92 valence electrons. The van der Waals surface area contributed by atoms with Crippen LogP contribution < -0.4 is 0 Å². The standard InChI is InChI=1S/C13H8Cl2IOP/c14-11-5-1-9(2-6-11)13(16,18-17)10-3-7-12(15)8-4-10/h1-8H. The average molecular weight is 409 g/mol. The van der Waals surface area contributed by atoms with Gasteiger partial charge in [0.2, 0.25) is 0 Å². The van der Waals surface area contributed by atoms with Crippen LogP contribution >= 0.6 is 54.3 Å². The van der Waals surface area contributed by atoms with Crippen molar-refractivity contribution in [1.82, 2.24) is 0 Å². The monoisotopic (exact) mass is 408 g/mol. The Kier molecular flexibility index (Phi) is 4.65. The van der Waals surface area contributed by atoms with Crippen LogP contribution in [0.4, 0.5) is 0 Å². The second-order valence-electron chi connectivity index (χ2n) is 3.73. The van der Waals surface area contributed by atoms with E-state index in [1.165, 1.54) is 0 Å². The van der Waals surface area contributed by atoms with Crippen molar-refractivity contribution in [2.24, 2.45) is 0 Å². The molecule has 1 nitrogen and oxygen atoms in total. The Hall–Kier alpha value is -0.150. The van der Waals surface area contributed by atoms with Crippen molar-refractivity contribution in [2.45, 2.75) is 3.16 Å². The molecule has 0 bridgehead atoms.